The molecule has 1 N–H and O–H groups in total. The van der Waals surface area contributed by atoms with Gasteiger partial charge >= 0.3 is 0 Å². The molecule has 1 saturated heterocycles. The maximum absolute atomic E-state index is 12.6. The maximum atomic E-state index is 12.6. The fourth-order valence-electron chi connectivity index (χ4n) is 4.64. The predicted molar refractivity (Wildman–Crippen MR) is 128 cm³/mol. The van der Waals surface area contributed by atoms with Crippen molar-refractivity contribution in [3.63, 3.8) is 0 Å². The van der Waals surface area contributed by atoms with Gasteiger partial charge in [0, 0.05) is 45.1 Å². The summed E-state index contributed by atoms with van der Waals surface area (Å²) in [6, 6.07) is 11.8. The summed E-state index contributed by atoms with van der Waals surface area (Å²) in [6.07, 6.45) is 7.89. The number of para-hydroxylation sites is 2. The lowest BCUT2D eigenvalue weighted by atomic mass is 10.1. The number of hydrogen-bond donors (Lipinski definition) is 1. The standard InChI is InChI=1S/C24H32N4O3S/c29-24(19-32(30,31)21-5-1-2-6-21)26-22-7-3-4-8-23(22)28-17-15-27(16-18-28)14-11-20-9-12-25-13-10-20/h3-4,7-10,12-13,21H,1-2,5-6,11,14-19H2,(H,26,29). The first-order valence-electron chi connectivity index (χ1n) is 11.5. The Bertz CT molecular complexity index is 999. The molecule has 1 aromatic heterocycles. The lowest BCUT2D eigenvalue weighted by Gasteiger charge is -2.37. The van der Waals surface area contributed by atoms with E-state index in [1.54, 1.807) is 0 Å². The minimum absolute atomic E-state index is 0.358. The number of aromatic nitrogens is 1. The van der Waals surface area contributed by atoms with Crippen molar-refractivity contribution >= 4 is 27.1 Å². The Balaban J connectivity index is 1.32. The van der Waals surface area contributed by atoms with Crippen molar-refractivity contribution < 1.29 is 13.2 Å². The molecule has 8 heteroatoms. The van der Waals surface area contributed by atoms with Gasteiger partial charge in [-0.1, -0.05) is 25.0 Å². The van der Waals surface area contributed by atoms with Gasteiger partial charge in [0.25, 0.3) is 0 Å². The number of pyridine rings is 1. The van der Waals surface area contributed by atoms with Crippen LogP contribution >= 0.6 is 0 Å². The van der Waals surface area contributed by atoms with E-state index in [2.05, 4.69) is 32.2 Å². The average molecular weight is 457 g/mol. The molecular weight excluding hydrogens is 424 g/mol. The number of anilines is 2. The van der Waals surface area contributed by atoms with Gasteiger partial charge in [-0.15, -0.1) is 0 Å². The molecule has 0 atom stereocenters. The first-order valence-corrected chi connectivity index (χ1v) is 13.2. The minimum atomic E-state index is -3.39. The molecule has 0 spiro atoms. The molecule has 0 radical (unpaired) electrons. The van der Waals surface area contributed by atoms with Crippen LogP contribution in [0.25, 0.3) is 0 Å². The Morgan fingerprint density at radius 3 is 2.41 bits per heavy atom. The van der Waals surface area contributed by atoms with Crippen LogP contribution in [0.4, 0.5) is 11.4 Å². The van der Waals surface area contributed by atoms with Crippen molar-refractivity contribution in [1.29, 1.82) is 0 Å². The van der Waals surface area contributed by atoms with Gasteiger partial charge < -0.3 is 10.2 Å². The van der Waals surface area contributed by atoms with Gasteiger partial charge in [-0.3, -0.25) is 14.7 Å². The third kappa shape index (κ3) is 5.86. The topological polar surface area (TPSA) is 82.6 Å². The van der Waals surface area contributed by atoms with Crippen LogP contribution in [0, 0.1) is 0 Å². The summed E-state index contributed by atoms with van der Waals surface area (Å²) >= 11 is 0. The van der Waals surface area contributed by atoms with E-state index in [4.69, 9.17) is 0 Å². The third-order valence-corrected chi connectivity index (χ3v) is 8.65. The number of rotatable bonds is 8. The van der Waals surface area contributed by atoms with Crippen molar-refractivity contribution in [2.75, 3.05) is 48.7 Å². The first kappa shape index (κ1) is 22.7. The number of amides is 1. The largest absolute Gasteiger partial charge is 0.367 e. The molecule has 2 heterocycles. The molecule has 0 unspecified atom stereocenters. The predicted octanol–water partition coefficient (Wildman–Crippen LogP) is 2.74. The molecule has 2 aromatic rings. The van der Waals surface area contributed by atoms with Gasteiger partial charge in [-0.05, 0) is 49.1 Å². The fourth-order valence-corrected chi connectivity index (χ4v) is 6.36. The molecule has 4 rings (SSSR count). The molecule has 1 amide bonds. The number of carbonyl (C=O) groups is 1. The Morgan fingerprint density at radius 1 is 1.00 bits per heavy atom. The van der Waals surface area contributed by atoms with Crippen molar-refractivity contribution in [2.45, 2.75) is 37.4 Å². The second-order valence-corrected chi connectivity index (χ2v) is 11.0. The van der Waals surface area contributed by atoms with Crippen LogP contribution < -0.4 is 10.2 Å². The van der Waals surface area contributed by atoms with E-state index >= 15 is 0 Å². The van der Waals surface area contributed by atoms with Crippen LogP contribution in [-0.4, -0.2) is 67.9 Å². The zero-order valence-electron chi connectivity index (χ0n) is 18.4. The second kappa shape index (κ2) is 10.4. The molecular formula is C24H32N4O3S. The highest BCUT2D eigenvalue weighted by atomic mass is 32.2. The van der Waals surface area contributed by atoms with E-state index in [0.717, 1.165) is 57.7 Å². The number of carbonyl (C=O) groups excluding carboxylic acids is 1. The lowest BCUT2D eigenvalue weighted by molar-refractivity contribution is -0.113. The van der Waals surface area contributed by atoms with Gasteiger partial charge in [0.1, 0.15) is 5.75 Å². The smallest absolute Gasteiger partial charge is 0.239 e. The maximum Gasteiger partial charge on any atom is 0.239 e. The van der Waals surface area contributed by atoms with E-state index in [1.807, 2.05) is 36.7 Å². The zero-order chi connectivity index (χ0) is 22.4. The normalized spacial score (nSPS) is 18.1. The zero-order valence-corrected chi connectivity index (χ0v) is 19.3. The summed E-state index contributed by atoms with van der Waals surface area (Å²) in [7, 11) is -3.39. The van der Waals surface area contributed by atoms with Crippen molar-refractivity contribution in [3.05, 3.63) is 54.4 Å². The Kier molecular flexibility index (Phi) is 7.42. The summed E-state index contributed by atoms with van der Waals surface area (Å²) in [6.45, 7) is 4.63. The highest BCUT2D eigenvalue weighted by Crippen LogP contribution is 2.28. The molecule has 1 aliphatic heterocycles. The molecule has 32 heavy (non-hydrogen) atoms. The van der Waals surface area contributed by atoms with Crippen LogP contribution in [0.5, 0.6) is 0 Å². The van der Waals surface area contributed by atoms with E-state index in [0.29, 0.717) is 18.5 Å². The third-order valence-electron chi connectivity index (χ3n) is 6.50. The molecule has 1 aromatic carbocycles. The van der Waals surface area contributed by atoms with Crippen LogP contribution in [0.3, 0.4) is 0 Å². The Hall–Kier alpha value is -2.45. The first-order chi connectivity index (χ1) is 15.5. The molecule has 2 fully saturated rings. The highest BCUT2D eigenvalue weighted by molar-refractivity contribution is 7.92. The highest BCUT2D eigenvalue weighted by Gasteiger charge is 2.31. The number of nitrogens with zero attached hydrogens (tertiary/aromatic N) is 3. The fraction of sp³-hybridized carbons (Fsp3) is 0.500. The molecule has 7 nitrogen and oxygen atoms in total. The molecule has 1 saturated carbocycles. The average Bonchev–Trinajstić information content (AvgIpc) is 3.35. The van der Waals surface area contributed by atoms with Gasteiger partial charge in [0.05, 0.1) is 16.6 Å². The molecule has 0 bridgehead atoms. The van der Waals surface area contributed by atoms with Crippen molar-refractivity contribution in [2.24, 2.45) is 0 Å². The summed E-state index contributed by atoms with van der Waals surface area (Å²) in [4.78, 5) is 21.4. The second-order valence-electron chi connectivity index (χ2n) is 8.71. The van der Waals surface area contributed by atoms with E-state index in [1.165, 1.54) is 5.56 Å². The molecule has 172 valence electrons. The van der Waals surface area contributed by atoms with Crippen LogP contribution in [0.15, 0.2) is 48.8 Å². The summed E-state index contributed by atoms with van der Waals surface area (Å²) < 4.78 is 25.1. The summed E-state index contributed by atoms with van der Waals surface area (Å²) in [5.74, 6) is -0.880. The van der Waals surface area contributed by atoms with E-state index < -0.39 is 21.5 Å². The summed E-state index contributed by atoms with van der Waals surface area (Å²) in [5, 5.41) is 2.51. The number of hydrogen-bond acceptors (Lipinski definition) is 6. The number of nitrogens with one attached hydrogen (secondary N) is 1. The Labute approximate surface area is 190 Å². The number of piperazine rings is 1. The summed E-state index contributed by atoms with van der Waals surface area (Å²) in [5.41, 5.74) is 2.93. The monoisotopic (exact) mass is 456 g/mol. The van der Waals surface area contributed by atoms with Crippen LogP contribution in [0.2, 0.25) is 0 Å². The molecule has 1 aliphatic carbocycles. The van der Waals surface area contributed by atoms with Gasteiger partial charge in [-0.2, -0.15) is 0 Å². The van der Waals surface area contributed by atoms with Gasteiger partial charge in [-0.25, -0.2) is 8.42 Å². The van der Waals surface area contributed by atoms with E-state index in [9.17, 15) is 13.2 Å². The van der Waals surface area contributed by atoms with Gasteiger partial charge in [0.15, 0.2) is 9.84 Å². The van der Waals surface area contributed by atoms with Crippen LogP contribution in [-0.2, 0) is 21.1 Å². The van der Waals surface area contributed by atoms with E-state index in [-0.39, 0.29) is 5.25 Å². The SMILES string of the molecule is O=C(CS(=O)(=O)C1CCCC1)Nc1ccccc1N1CCN(CCc2ccncc2)CC1. The lowest BCUT2D eigenvalue weighted by Crippen LogP contribution is -2.47. The minimum Gasteiger partial charge on any atom is -0.367 e. The Morgan fingerprint density at radius 2 is 1.69 bits per heavy atom. The molecule has 2 aliphatic rings. The number of sulfone groups is 1. The van der Waals surface area contributed by atoms with Crippen LogP contribution in [0.1, 0.15) is 31.2 Å². The van der Waals surface area contributed by atoms with Crippen molar-refractivity contribution in [1.82, 2.24) is 9.88 Å². The van der Waals surface area contributed by atoms with Gasteiger partial charge in [0.2, 0.25) is 5.91 Å². The quantitative estimate of drug-likeness (QED) is 0.658. The van der Waals surface area contributed by atoms with Crippen molar-refractivity contribution in [3.8, 4) is 0 Å². The number of benzene rings is 1.